The summed E-state index contributed by atoms with van der Waals surface area (Å²) in [5.74, 6) is 0.0265. The molecular weight excluding hydrogens is 324 g/mol. The van der Waals surface area contributed by atoms with E-state index in [2.05, 4.69) is 10.3 Å². The number of benzene rings is 1. The van der Waals surface area contributed by atoms with Gasteiger partial charge in [-0.3, -0.25) is 0 Å². The van der Waals surface area contributed by atoms with Crippen molar-refractivity contribution in [1.82, 2.24) is 19.3 Å². The van der Waals surface area contributed by atoms with E-state index in [9.17, 15) is 8.42 Å². The van der Waals surface area contributed by atoms with Crippen LogP contribution in [0.5, 0.6) is 0 Å². The average Bonchev–Trinajstić information content (AvgIpc) is 2.88. The maximum atomic E-state index is 11.7. The van der Waals surface area contributed by atoms with Crippen LogP contribution in [0.25, 0.3) is 0 Å². The van der Waals surface area contributed by atoms with Crippen LogP contribution in [0.15, 0.2) is 24.4 Å². The van der Waals surface area contributed by atoms with Gasteiger partial charge in [-0.15, -0.1) is 5.10 Å². The smallest absolute Gasteiger partial charge is 0.213 e. The van der Waals surface area contributed by atoms with Gasteiger partial charge in [-0.1, -0.05) is 28.9 Å². The zero-order valence-corrected chi connectivity index (χ0v) is 14.4. The Hall–Kier alpha value is -1.44. The zero-order chi connectivity index (χ0) is 16.3. The summed E-state index contributed by atoms with van der Waals surface area (Å²) in [6.45, 7) is 2.52. The first-order chi connectivity index (χ1) is 10.3. The Morgan fingerprint density at radius 1 is 1.32 bits per heavy atom. The molecular formula is C14H19ClN4O2S. The summed E-state index contributed by atoms with van der Waals surface area (Å²) >= 11 is 6.00. The quantitative estimate of drug-likeness (QED) is 0.801. The van der Waals surface area contributed by atoms with E-state index >= 15 is 0 Å². The van der Waals surface area contributed by atoms with Gasteiger partial charge < -0.3 is 0 Å². The SMILES string of the molecule is Cc1cc(Cn2cc(CCS(=O)(=O)N(C)C)nn2)ccc1Cl. The van der Waals surface area contributed by atoms with Crippen molar-refractivity contribution in [3.63, 3.8) is 0 Å². The monoisotopic (exact) mass is 342 g/mol. The van der Waals surface area contributed by atoms with Gasteiger partial charge in [0.2, 0.25) is 10.0 Å². The normalized spacial score (nSPS) is 12.0. The van der Waals surface area contributed by atoms with E-state index in [1.807, 2.05) is 25.1 Å². The number of aryl methyl sites for hydroxylation is 2. The third-order valence-electron chi connectivity index (χ3n) is 3.33. The fourth-order valence-electron chi connectivity index (χ4n) is 1.94. The highest BCUT2D eigenvalue weighted by atomic mass is 35.5. The molecule has 1 aromatic heterocycles. The van der Waals surface area contributed by atoms with Crippen LogP contribution in [-0.4, -0.2) is 47.6 Å². The third-order valence-corrected chi connectivity index (χ3v) is 5.58. The van der Waals surface area contributed by atoms with Gasteiger partial charge in [-0.05, 0) is 24.1 Å². The molecule has 1 aromatic carbocycles. The maximum Gasteiger partial charge on any atom is 0.213 e. The average molecular weight is 343 g/mol. The molecule has 0 aliphatic heterocycles. The summed E-state index contributed by atoms with van der Waals surface area (Å²) in [5, 5.41) is 8.79. The molecule has 0 amide bonds. The molecule has 0 saturated carbocycles. The van der Waals surface area contributed by atoms with Gasteiger partial charge in [0.25, 0.3) is 0 Å². The molecule has 0 N–H and O–H groups in total. The third kappa shape index (κ3) is 4.28. The zero-order valence-electron chi connectivity index (χ0n) is 12.8. The van der Waals surface area contributed by atoms with Gasteiger partial charge in [-0.2, -0.15) is 0 Å². The van der Waals surface area contributed by atoms with Crippen molar-refractivity contribution in [1.29, 1.82) is 0 Å². The van der Waals surface area contributed by atoms with Crippen molar-refractivity contribution < 1.29 is 8.42 Å². The number of hydrogen-bond acceptors (Lipinski definition) is 4. The predicted molar refractivity (Wildman–Crippen MR) is 86.5 cm³/mol. The van der Waals surface area contributed by atoms with Crippen LogP contribution in [0.2, 0.25) is 5.02 Å². The predicted octanol–water partition coefficient (Wildman–Crippen LogP) is 1.72. The Morgan fingerprint density at radius 3 is 2.68 bits per heavy atom. The second-order valence-electron chi connectivity index (χ2n) is 5.34. The molecule has 0 atom stereocenters. The fraction of sp³-hybridized carbons (Fsp3) is 0.429. The highest BCUT2D eigenvalue weighted by Gasteiger charge is 2.14. The van der Waals surface area contributed by atoms with Crippen molar-refractivity contribution in [2.24, 2.45) is 0 Å². The highest BCUT2D eigenvalue weighted by molar-refractivity contribution is 7.89. The molecule has 0 fully saturated rings. The number of nitrogens with zero attached hydrogens (tertiary/aromatic N) is 4. The molecule has 0 radical (unpaired) electrons. The van der Waals surface area contributed by atoms with E-state index in [0.717, 1.165) is 16.1 Å². The first kappa shape index (κ1) is 16.9. The lowest BCUT2D eigenvalue weighted by molar-refractivity contribution is 0.520. The lowest BCUT2D eigenvalue weighted by Crippen LogP contribution is -2.26. The van der Waals surface area contributed by atoms with Gasteiger partial charge in [0, 0.05) is 31.7 Å². The number of rotatable bonds is 6. The molecule has 2 aromatic rings. The molecule has 2 rings (SSSR count). The second kappa shape index (κ2) is 6.76. The highest BCUT2D eigenvalue weighted by Crippen LogP contribution is 2.16. The van der Waals surface area contributed by atoms with Gasteiger partial charge in [0.1, 0.15) is 0 Å². The van der Waals surface area contributed by atoms with Gasteiger partial charge in [0.05, 0.1) is 18.0 Å². The van der Waals surface area contributed by atoms with Crippen molar-refractivity contribution >= 4 is 21.6 Å². The first-order valence-electron chi connectivity index (χ1n) is 6.82. The Balaban J connectivity index is 2.01. The summed E-state index contributed by atoms with van der Waals surface area (Å²) in [7, 11) is -0.169. The summed E-state index contributed by atoms with van der Waals surface area (Å²) in [4.78, 5) is 0. The minimum absolute atomic E-state index is 0.0265. The van der Waals surface area contributed by atoms with E-state index in [1.165, 1.54) is 18.4 Å². The van der Waals surface area contributed by atoms with E-state index in [-0.39, 0.29) is 5.75 Å². The number of sulfonamides is 1. The molecule has 0 bridgehead atoms. The molecule has 0 saturated heterocycles. The van der Waals surface area contributed by atoms with Crippen LogP contribution in [0.1, 0.15) is 16.8 Å². The summed E-state index contributed by atoms with van der Waals surface area (Å²) in [5.41, 5.74) is 2.74. The van der Waals surface area contributed by atoms with Gasteiger partial charge >= 0.3 is 0 Å². The van der Waals surface area contributed by atoms with E-state index in [1.54, 1.807) is 10.9 Å². The van der Waals surface area contributed by atoms with Crippen LogP contribution in [-0.2, 0) is 23.0 Å². The Morgan fingerprint density at radius 2 is 2.05 bits per heavy atom. The summed E-state index contributed by atoms with van der Waals surface area (Å²) in [6, 6.07) is 5.79. The Bertz CT molecular complexity index is 756. The summed E-state index contributed by atoms with van der Waals surface area (Å²) < 4.78 is 26.4. The van der Waals surface area contributed by atoms with E-state index in [4.69, 9.17) is 11.6 Å². The van der Waals surface area contributed by atoms with Crippen molar-refractivity contribution in [3.05, 3.63) is 46.2 Å². The van der Waals surface area contributed by atoms with Crippen molar-refractivity contribution in [3.8, 4) is 0 Å². The molecule has 0 aliphatic rings. The molecule has 6 nitrogen and oxygen atoms in total. The standard InChI is InChI=1S/C14H19ClN4O2S/c1-11-8-12(4-5-14(11)15)9-19-10-13(16-17-19)6-7-22(20,21)18(2)3/h4-5,8,10H,6-7,9H2,1-3H3. The largest absolute Gasteiger partial charge is 0.248 e. The lowest BCUT2D eigenvalue weighted by Gasteiger charge is -2.09. The molecule has 22 heavy (non-hydrogen) atoms. The van der Waals surface area contributed by atoms with Gasteiger partial charge in [-0.25, -0.2) is 17.4 Å². The molecule has 0 spiro atoms. The van der Waals surface area contributed by atoms with Crippen molar-refractivity contribution in [2.45, 2.75) is 19.9 Å². The Labute approximate surface area is 135 Å². The molecule has 0 unspecified atom stereocenters. The molecule has 120 valence electrons. The molecule has 1 heterocycles. The summed E-state index contributed by atoms with van der Waals surface area (Å²) in [6.07, 6.45) is 2.12. The minimum Gasteiger partial charge on any atom is -0.248 e. The molecule has 8 heteroatoms. The van der Waals surface area contributed by atoms with Crippen molar-refractivity contribution in [2.75, 3.05) is 19.8 Å². The van der Waals surface area contributed by atoms with Crippen LogP contribution in [0, 0.1) is 6.92 Å². The van der Waals surface area contributed by atoms with Gasteiger partial charge in [0.15, 0.2) is 0 Å². The Kier molecular flexibility index (Phi) is 5.20. The van der Waals surface area contributed by atoms with Crippen LogP contribution in [0.4, 0.5) is 0 Å². The number of aromatic nitrogens is 3. The van der Waals surface area contributed by atoms with E-state index in [0.29, 0.717) is 18.7 Å². The fourth-order valence-corrected chi connectivity index (χ4v) is 2.89. The first-order valence-corrected chi connectivity index (χ1v) is 8.81. The van der Waals surface area contributed by atoms with E-state index < -0.39 is 10.0 Å². The number of hydrogen-bond donors (Lipinski definition) is 0. The van der Waals surface area contributed by atoms with Crippen LogP contribution >= 0.6 is 11.6 Å². The minimum atomic E-state index is -3.21. The number of halogens is 1. The maximum absolute atomic E-state index is 11.7. The van der Waals surface area contributed by atoms with Crippen LogP contribution < -0.4 is 0 Å². The second-order valence-corrected chi connectivity index (χ2v) is 8.05. The molecule has 0 aliphatic carbocycles. The van der Waals surface area contributed by atoms with Crippen LogP contribution in [0.3, 0.4) is 0 Å². The topological polar surface area (TPSA) is 68.1 Å². The lowest BCUT2D eigenvalue weighted by atomic mass is 10.1.